The molecule has 0 unspecified atom stereocenters. The minimum absolute atomic E-state index is 0.0390. The van der Waals surface area contributed by atoms with Crippen molar-refractivity contribution in [2.24, 2.45) is 5.73 Å². The number of anilines is 1. The van der Waals surface area contributed by atoms with E-state index in [2.05, 4.69) is 5.32 Å². The van der Waals surface area contributed by atoms with Crippen molar-refractivity contribution in [1.29, 1.82) is 5.26 Å². The van der Waals surface area contributed by atoms with E-state index in [0.717, 1.165) is 11.1 Å². The minimum Gasteiger partial charge on any atom is -0.381 e. The highest BCUT2D eigenvalue weighted by atomic mass is 16.6. The average molecular weight is 282 g/mol. The molecule has 2 aromatic carbocycles. The maximum absolute atomic E-state index is 10.8. The predicted molar refractivity (Wildman–Crippen MR) is 79.5 cm³/mol. The van der Waals surface area contributed by atoms with Gasteiger partial charge in [-0.1, -0.05) is 24.3 Å². The lowest BCUT2D eigenvalue weighted by atomic mass is 10.1. The summed E-state index contributed by atoms with van der Waals surface area (Å²) in [6.45, 7) is 0.984. The quantitative estimate of drug-likeness (QED) is 0.647. The topological polar surface area (TPSA) is 105 Å². The SMILES string of the molecule is N#Cc1cc(NCc2ccccc2CN)ccc1[N+](=O)[O-]. The fraction of sp³-hybridized carbons (Fsp3) is 0.133. The highest BCUT2D eigenvalue weighted by Gasteiger charge is 2.13. The number of hydrogen-bond acceptors (Lipinski definition) is 5. The highest BCUT2D eigenvalue weighted by molar-refractivity contribution is 5.58. The first kappa shape index (κ1) is 14.5. The molecule has 0 aromatic heterocycles. The second-order valence-electron chi connectivity index (χ2n) is 4.43. The first-order chi connectivity index (χ1) is 10.2. The Morgan fingerprint density at radius 3 is 2.57 bits per heavy atom. The van der Waals surface area contributed by atoms with E-state index in [4.69, 9.17) is 11.0 Å². The molecule has 6 nitrogen and oxygen atoms in total. The number of nitrogens with two attached hydrogens (primary N) is 1. The second kappa shape index (κ2) is 6.50. The number of nitro benzene ring substituents is 1. The van der Waals surface area contributed by atoms with Crippen molar-refractivity contribution in [3.05, 3.63) is 69.3 Å². The summed E-state index contributed by atoms with van der Waals surface area (Å²) in [6.07, 6.45) is 0. The van der Waals surface area contributed by atoms with Crippen LogP contribution in [0, 0.1) is 21.4 Å². The zero-order valence-corrected chi connectivity index (χ0v) is 11.2. The molecule has 0 radical (unpaired) electrons. The molecule has 2 aromatic rings. The molecule has 0 atom stereocenters. The minimum atomic E-state index is -0.563. The van der Waals surface area contributed by atoms with Gasteiger partial charge in [0.25, 0.3) is 5.69 Å². The Bertz CT molecular complexity index is 707. The van der Waals surface area contributed by atoms with Gasteiger partial charge in [-0.05, 0) is 23.3 Å². The Kier molecular flexibility index (Phi) is 4.49. The molecule has 0 heterocycles. The molecule has 106 valence electrons. The number of rotatable bonds is 5. The van der Waals surface area contributed by atoms with E-state index in [1.165, 1.54) is 12.1 Å². The summed E-state index contributed by atoms with van der Waals surface area (Å²) in [5.41, 5.74) is 8.27. The van der Waals surface area contributed by atoms with Gasteiger partial charge in [-0.25, -0.2) is 0 Å². The third-order valence-electron chi connectivity index (χ3n) is 3.13. The lowest BCUT2D eigenvalue weighted by Gasteiger charge is -2.10. The van der Waals surface area contributed by atoms with Gasteiger partial charge in [0.05, 0.1) is 4.92 Å². The van der Waals surface area contributed by atoms with Crippen LogP contribution in [0.1, 0.15) is 16.7 Å². The van der Waals surface area contributed by atoms with E-state index >= 15 is 0 Å². The molecule has 0 amide bonds. The lowest BCUT2D eigenvalue weighted by Crippen LogP contribution is -2.06. The van der Waals surface area contributed by atoms with Gasteiger partial charge in [-0.3, -0.25) is 10.1 Å². The molecule has 0 aliphatic carbocycles. The van der Waals surface area contributed by atoms with Crippen LogP contribution in [-0.4, -0.2) is 4.92 Å². The largest absolute Gasteiger partial charge is 0.381 e. The van der Waals surface area contributed by atoms with Crippen molar-refractivity contribution in [2.45, 2.75) is 13.1 Å². The van der Waals surface area contributed by atoms with E-state index in [1.807, 2.05) is 30.3 Å². The van der Waals surface area contributed by atoms with Crippen molar-refractivity contribution in [3.63, 3.8) is 0 Å². The average Bonchev–Trinajstić information content (AvgIpc) is 2.52. The monoisotopic (exact) mass is 282 g/mol. The molecule has 0 aliphatic rings. The zero-order valence-electron chi connectivity index (χ0n) is 11.2. The summed E-state index contributed by atoms with van der Waals surface area (Å²) in [4.78, 5) is 10.2. The second-order valence-corrected chi connectivity index (χ2v) is 4.43. The highest BCUT2D eigenvalue weighted by Crippen LogP contribution is 2.22. The van der Waals surface area contributed by atoms with Crippen molar-refractivity contribution in [3.8, 4) is 6.07 Å². The van der Waals surface area contributed by atoms with Gasteiger partial charge in [-0.2, -0.15) is 5.26 Å². The smallest absolute Gasteiger partial charge is 0.287 e. The van der Waals surface area contributed by atoms with Gasteiger partial charge in [0.1, 0.15) is 11.6 Å². The van der Waals surface area contributed by atoms with E-state index in [1.54, 1.807) is 6.07 Å². The van der Waals surface area contributed by atoms with Crippen molar-refractivity contribution in [2.75, 3.05) is 5.32 Å². The Balaban J connectivity index is 2.18. The van der Waals surface area contributed by atoms with E-state index in [-0.39, 0.29) is 11.3 Å². The first-order valence-corrected chi connectivity index (χ1v) is 6.35. The molecular formula is C15H14N4O2. The van der Waals surface area contributed by atoms with Gasteiger partial charge < -0.3 is 11.1 Å². The third-order valence-corrected chi connectivity index (χ3v) is 3.13. The predicted octanol–water partition coefficient (Wildman–Crippen LogP) is 2.54. The van der Waals surface area contributed by atoms with Crippen LogP contribution in [0.3, 0.4) is 0 Å². The van der Waals surface area contributed by atoms with Gasteiger partial charge in [-0.15, -0.1) is 0 Å². The molecular weight excluding hydrogens is 268 g/mol. The molecule has 6 heteroatoms. The maximum atomic E-state index is 10.8. The van der Waals surface area contributed by atoms with Gasteiger partial charge in [0.2, 0.25) is 0 Å². The van der Waals surface area contributed by atoms with Crippen LogP contribution < -0.4 is 11.1 Å². The summed E-state index contributed by atoms with van der Waals surface area (Å²) in [7, 11) is 0. The Labute approximate surface area is 122 Å². The maximum Gasteiger partial charge on any atom is 0.287 e. The van der Waals surface area contributed by atoms with Crippen molar-refractivity contribution >= 4 is 11.4 Å². The molecule has 0 aliphatic heterocycles. The summed E-state index contributed by atoms with van der Waals surface area (Å²) in [5, 5.41) is 22.9. The number of nitrogens with zero attached hydrogens (tertiary/aromatic N) is 2. The summed E-state index contributed by atoms with van der Waals surface area (Å²) >= 11 is 0. The molecule has 0 bridgehead atoms. The molecule has 0 spiro atoms. The van der Waals surface area contributed by atoms with Crippen LogP contribution in [-0.2, 0) is 13.1 Å². The normalized spacial score (nSPS) is 9.90. The Morgan fingerprint density at radius 2 is 1.95 bits per heavy atom. The Hall–Kier alpha value is -2.91. The van der Waals surface area contributed by atoms with Gasteiger partial charge >= 0.3 is 0 Å². The summed E-state index contributed by atoms with van der Waals surface area (Å²) in [6, 6.07) is 14.0. The van der Waals surface area contributed by atoms with Gasteiger partial charge in [0.15, 0.2) is 0 Å². The number of nitro groups is 1. The standard InChI is InChI=1S/C15H14N4O2/c16-8-11-3-1-2-4-12(11)10-18-14-5-6-15(19(20)21)13(7-14)9-17/h1-7,18H,8,10,16H2. The van der Waals surface area contributed by atoms with E-state index < -0.39 is 4.92 Å². The number of nitriles is 1. The molecule has 0 saturated carbocycles. The fourth-order valence-corrected chi connectivity index (χ4v) is 2.02. The molecule has 0 fully saturated rings. The van der Waals surface area contributed by atoms with Crippen LogP contribution in [0.5, 0.6) is 0 Å². The fourth-order valence-electron chi connectivity index (χ4n) is 2.02. The number of hydrogen-bond donors (Lipinski definition) is 2. The van der Waals surface area contributed by atoms with E-state index in [9.17, 15) is 10.1 Å². The van der Waals surface area contributed by atoms with Crippen LogP contribution >= 0.6 is 0 Å². The summed E-state index contributed by atoms with van der Waals surface area (Å²) in [5.74, 6) is 0. The zero-order chi connectivity index (χ0) is 15.2. The van der Waals surface area contributed by atoms with Crippen molar-refractivity contribution < 1.29 is 4.92 Å². The lowest BCUT2D eigenvalue weighted by molar-refractivity contribution is -0.385. The number of nitrogens with one attached hydrogen (secondary N) is 1. The Morgan fingerprint density at radius 1 is 1.24 bits per heavy atom. The molecule has 2 rings (SSSR count). The van der Waals surface area contributed by atoms with Gasteiger partial charge in [0, 0.05) is 24.8 Å². The molecule has 0 saturated heterocycles. The summed E-state index contributed by atoms with van der Waals surface area (Å²) < 4.78 is 0. The number of benzene rings is 2. The van der Waals surface area contributed by atoms with Crippen LogP contribution in [0.25, 0.3) is 0 Å². The van der Waals surface area contributed by atoms with Crippen LogP contribution in [0.2, 0.25) is 0 Å². The van der Waals surface area contributed by atoms with Crippen molar-refractivity contribution in [1.82, 2.24) is 0 Å². The molecule has 3 N–H and O–H groups in total. The molecule has 21 heavy (non-hydrogen) atoms. The first-order valence-electron chi connectivity index (χ1n) is 6.35. The van der Waals surface area contributed by atoms with Crippen LogP contribution in [0.15, 0.2) is 42.5 Å². The van der Waals surface area contributed by atoms with Crippen LogP contribution in [0.4, 0.5) is 11.4 Å². The third kappa shape index (κ3) is 3.35. The van der Waals surface area contributed by atoms with E-state index in [0.29, 0.717) is 18.8 Å².